The molecule has 2 aliphatic heterocycles. The predicted molar refractivity (Wildman–Crippen MR) is 109 cm³/mol. The number of fused-ring (bicyclic) bond motifs is 1. The van der Waals surface area contributed by atoms with Crippen molar-refractivity contribution >= 4 is 28.8 Å². The summed E-state index contributed by atoms with van der Waals surface area (Å²) in [7, 11) is 2.12. The van der Waals surface area contributed by atoms with Crippen molar-refractivity contribution in [1.82, 2.24) is 4.90 Å². The van der Waals surface area contributed by atoms with Gasteiger partial charge in [0.15, 0.2) is 5.71 Å². The Labute approximate surface area is 159 Å². The normalized spacial score (nSPS) is 20.5. The van der Waals surface area contributed by atoms with Crippen molar-refractivity contribution in [2.75, 3.05) is 25.9 Å². The molecule has 3 rings (SSSR count). The standard InChI is InChI=1S/C20H26N3O2S/c1-5-11-22-17-10-9-15(23(24)25)14-16(17)20(2,3)18(22)7-6-8-19-21(4)12-13-26-19/h6-10,14H,5,11-13H2,1-4H3/q+1. The van der Waals surface area contributed by atoms with E-state index in [-0.39, 0.29) is 16.0 Å². The summed E-state index contributed by atoms with van der Waals surface area (Å²) in [4.78, 5) is 13.2. The number of hydrogen-bond acceptors (Lipinski definition) is 4. The van der Waals surface area contributed by atoms with Crippen molar-refractivity contribution in [3.8, 4) is 0 Å². The molecule has 0 aliphatic carbocycles. The van der Waals surface area contributed by atoms with Gasteiger partial charge < -0.3 is 4.90 Å². The zero-order valence-electron chi connectivity index (χ0n) is 15.9. The van der Waals surface area contributed by atoms with Crippen LogP contribution in [0.25, 0.3) is 0 Å². The van der Waals surface area contributed by atoms with Gasteiger partial charge in [-0.25, -0.2) is 0 Å². The third kappa shape index (κ3) is 3.30. The van der Waals surface area contributed by atoms with Gasteiger partial charge in [-0.2, -0.15) is 4.58 Å². The molecule has 0 amide bonds. The smallest absolute Gasteiger partial charge is 0.270 e. The van der Waals surface area contributed by atoms with Crippen LogP contribution in [-0.2, 0) is 5.41 Å². The Kier molecular flexibility index (Phi) is 5.23. The fraction of sp³-hybridized carbons (Fsp3) is 0.450. The van der Waals surface area contributed by atoms with Gasteiger partial charge in [0, 0.05) is 55.6 Å². The van der Waals surface area contributed by atoms with Crippen LogP contribution in [0.3, 0.4) is 0 Å². The van der Waals surface area contributed by atoms with E-state index in [1.165, 1.54) is 10.7 Å². The summed E-state index contributed by atoms with van der Waals surface area (Å²) in [5.74, 6) is 1.13. The zero-order valence-corrected chi connectivity index (χ0v) is 16.7. The van der Waals surface area contributed by atoms with Crippen LogP contribution in [0.2, 0.25) is 0 Å². The lowest BCUT2D eigenvalue weighted by atomic mass is 9.81. The summed E-state index contributed by atoms with van der Waals surface area (Å²) in [6.45, 7) is 8.44. The summed E-state index contributed by atoms with van der Waals surface area (Å²) in [6, 6.07) is 5.24. The average molecular weight is 373 g/mol. The Morgan fingerprint density at radius 3 is 2.81 bits per heavy atom. The second-order valence-corrected chi connectivity index (χ2v) is 8.37. The molecule has 2 heterocycles. The molecule has 1 aromatic rings. The molecule has 0 atom stereocenters. The van der Waals surface area contributed by atoms with Crippen LogP contribution >= 0.6 is 11.8 Å². The van der Waals surface area contributed by atoms with E-state index < -0.39 is 0 Å². The third-order valence-corrected chi connectivity index (χ3v) is 6.21. The molecule has 1 fully saturated rings. The van der Waals surface area contributed by atoms with E-state index in [0.717, 1.165) is 36.5 Å². The number of benzene rings is 1. The van der Waals surface area contributed by atoms with Gasteiger partial charge >= 0.3 is 0 Å². The SMILES string of the molecule is CCC[N+]1=C(/C=C/C=C2\SCCN2C)C(C)(C)c2cc([N+](=O)[O-])ccc21. The highest BCUT2D eigenvalue weighted by Gasteiger charge is 2.44. The maximum absolute atomic E-state index is 11.2. The summed E-state index contributed by atoms with van der Waals surface area (Å²) >= 11 is 1.87. The van der Waals surface area contributed by atoms with Crippen LogP contribution < -0.4 is 0 Å². The van der Waals surface area contributed by atoms with Crippen LogP contribution in [0.1, 0.15) is 32.8 Å². The first-order valence-electron chi connectivity index (χ1n) is 9.02. The van der Waals surface area contributed by atoms with Crippen molar-refractivity contribution in [2.45, 2.75) is 32.6 Å². The number of thioether (sulfide) groups is 1. The molecular formula is C20H26N3O2S+. The van der Waals surface area contributed by atoms with E-state index in [2.05, 4.69) is 55.5 Å². The van der Waals surface area contributed by atoms with Gasteiger partial charge in [0.2, 0.25) is 5.69 Å². The first-order valence-corrected chi connectivity index (χ1v) is 10.0. The molecule has 0 aromatic heterocycles. The highest BCUT2D eigenvalue weighted by atomic mass is 32.2. The van der Waals surface area contributed by atoms with E-state index in [0.29, 0.717) is 0 Å². The number of non-ortho nitro benzene ring substituents is 1. The molecule has 0 N–H and O–H groups in total. The Hall–Kier alpha value is -2.08. The lowest BCUT2D eigenvalue weighted by molar-refractivity contribution is -0.437. The minimum absolute atomic E-state index is 0.157. The molecule has 1 saturated heterocycles. The molecule has 5 nitrogen and oxygen atoms in total. The van der Waals surface area contributed by atoms with Crippen LogP contribution in [-0.4, -0.2) is 46.0 Å². The monoisotopic (exact) mass is 372 g/mol. The van der Waals surface area contributed by atoms with Crippen LogP contribution in [0.4, 0.5) is 11.4 Å². The molecule has 0 saturated carbocycles. The molecule has 2 aliphatic rings. The van der Waals surface area contributed by atoms with Crippen molar-refractivity contribution in [1.29, 1.82) is 0 Å². The van der Waals surface area contributed by atoms with Gasteiger partial charge in [-0.15, -0.1) is 11.8 Å². The maximum Gasteiger partial charge on any atom is 0.270 e. The van der Waals surface area contributed by atoms with Crippen LogP contribution in [0, 0.1) is 10.1 Å². The van der Waals surface area contributed by atoms with Gasteiger partial charge in [-0.1, -0.05) is 13.0 Å². The Bertz CT molecular complexity index is 824. The quantitative estimate of drug-likeness (QED) is 0.435. The maximum atomic E-state index is 11.2. The zero-order chi connectivity index (χ0) is 18.9. The van der Waals surface area contributed by atoms with Crippen molar-refractivity contribution in [3.63, 3.8) is 0 Å². The minimum atomic E-state index is -0.314. The number of nitro benzene ring substituents is 1. The molecule has 138 valence electrons. The lowest BCUT2D eigenvalue weighted by Crippen LogP contribution is -2.27. The number of nitrogens with zero attached hydrogens (tertiary/aromatic N) is 3. The van der Waals surface area contributed by atoms with E-state index in [1.54, 1.807) is 12.1 Å². The Balaban J connectivity index is 2.01. The predicted octanol–water partition coefficient (Wildman–Crippen LogP) is 4.46. The molecule has 1 aromatic carbocycles. The number of rotatable bonds is 5. The largest absolute Gasteiger partial charge is 0.369 e. The second kappa shape index (κ2) is 7.27. The number of nitro groups is 1. The first-order chi connectivity index (χ1) is 12.4. The van der Waals surface area contributed by atoms with Crippen molar-refractivity contribution < 1.29 is 9.50 Å². The lowest BCUT2D eigenvalue weighted by Gasteiger charge is -2.15. The van der Waals surface area contributed by atoms with Gasteiger partial charge in [0.05, 0.1) is 15.4 Å². The molecular weight excluding hydrogens is 346 g/mol. The Morgan fingerprint density at radius 1 is 1.42 bits per heavy atom. The molecule has 0 spiro atoms. The minimum Gasteiger partial charge on any atom is -0.369 e. The summed E-state index contributed by atoms with van der Waals surface area (Å²) in [5.41, 5.74) is 3.20. The topological polar surface area (TPSA) is 49.4 Å². The molecule has 26 heavy (non-hydrogen) atoms. The Morgan fingerprint density at radius 2 is 2.19 bits per heavy atom. The number of hydrogen-bond donors (Lipinski definition) is 0. The van der Waals surface area contributed by atoms with E-state index in [9.17, 15) is 10.1 Å². The fourth-order valence-corrected chi connectivity index (χ4v) is 4.71. The highest BCUT2D eigenvalue weighted by Crippen LogP contribution is 2.41. The summed E-state index contributed by atoms with van der Waals surface area (Å²) in [6.07, 6.45) is 7.46. The van der Waals surface area contributed by atoms with Gasteiger partial charge in [0.25, 0.3) is 5.69 Å². The molecule has 6 heteroatoms. The number of allylic oxidation sites excluding steroid dienone is 3. The summed E-state index contributed by atoms with van der Waals surface area (Å²) in [5, 5.41) is 12.5. The molecule has 0 radical (unpaired) electrons. The van der Waals surface area contributed by atoms with Gasteiger partial charge in [0.1, 0.15) is 6.54 Å². The van der Waals surface area contributed by atoms with Crippen molar-refractivity contribution in [2.24, 2.45) is 0 Å². The fourth-order valence-electron chi connectivity index (χ4n) is 3.65. The highest BCUT2D eigenvalue weighted by molar-refractivity contribution is 8.03. The van der Waals surface area contributed by atoms with E-state index in [4.69, 9.17) is 0 Å². The summed E-state index contributed by atoms with van der Waals surface area (Å²) < 4.78 is 2.31. The second-order valence-electron chi connectivity index (χ2n) is 7.25. The van der Waals surface area contributed by atoms with Crippen molar-refractivity contribution in [3.05, 3.63) is 57.1 Å². The van der Waals surface area contributed by atoms with E-state index >= 15 is 0 Å². The van der Waals surface area contributed by atoms with Gasteiger partial charge in [-0.3, -0.25) is 10.1 Å². The van der Waals surface area contributed by atoms with Crippen LogP contribution in [0.5, 0.6) is 0 Å². The average Bonchev–Trinajstić information content (AvgIpc) is 3.09. The first kappa shape index (κ1) is 18.7. The van der Waals surface area contributed by atoms with E-state index in [1.807, 2.05) is 17.8 Å². The third-order valence-electron chi connectivity index (χ3n) is 5.08. The molecule has 0 bridgehead atoms. The van der Waals surface area contributed by atoms with Crippen LogP contribution in [0.15, 0.2) is 41.5 Å². The molecule has 0 unspecified atom stereocenters. The van der Waals surface area contributed by atoms with Gasteiger partial charge in [-0.05, 0) is 19.9 Å².